The molecule has 0 radical (unpaired) electrons. The number of alkyl halides is 1. The van der Waals surface area contributed by atoms with Crippen LogP contribution in [0.3, 0.4) is 0 Å². The lowest BCUT2D eigenvalue weighted by Gasteiger charge is -2.22. The van der Waals surface area contributed by atoms with Crippen molar-refractivity contribution in [3.63, 3.8) is 0 Å². The van der Waals surface area contributed by atoms with Gasteiger partial charge in [0.15, 0.2) is 0 Å². The van der Waals surface area contributed by atoms with Crippen molar-refractivity contribution >= 4 is 28.6 Å². The van der Waals surface area contributed by atoms with Crippen molar-refractivity contribution in [2.45, 2.75) is 51.9 Å². The highest BCUT2D eigenvalue weighted by Crippen LogP contribution is 2.11. The zero-order valence-corrected chi connectivity index (χ0v) is 12.9. The molecule has 1 N–H and O–H groups in total. The highest BCUT2D eigenvalue weighted by molar-refractivity contribution is 14.1. The Hall–Kier alpha value is 0.160. The molecule has 1 saturated heterocycles. The number of rotatable bonds is 8. The fourth-order valence-electron chi connectivity index (χ4n) is 1.43. The minimum Gasteiger partial charge on any atom is -0.481 e. The molecule has 0 atom stereocenters. The van der Waals surface area contributed by atoms with Gasteiger partial charge in [0.05, 0.1) is 13.2 Å². The molecule has 4 heteroatoms. The van der Waals surface area contributed by atoms with E-state index in [9.17, 15) is 4.79 Å². The SMILES string of the molecule is CCCCCCCCC(=O)O.ICC1COC1. The molecule has 0 spiro atoms. The van der Waals surface area contributed by atoms with E-state index in [-0.39, 0.29) is 0 Å². The molecule has 0 amide bonds. The molecule has 0 bridgehead atoms. The molecule has 1 rings (SSSR count). The molecular weight excluding hydrogens is 331 g/mol. The molecule has 0 aromatic carbocycles. The summed E-state index contributed by atoms with van der Waals surface area (Å²) >= 11 is 2.38. The van der Waals surface area contributed by atoms with Gasteiger partial charge in [-0.2, -0.15) is 0 Å². The van der Waals surface area contributed by atoms with Crippen LogP contribution in [0.2, 0.25) is 0 Å². The van der Waals surface area contributed by atoms with Crippen LogP contribution >= 0.6 is 22.6 Å². The van der Waals surface area contributed by atoms with Crippen LogP contribution in [0, 0.1) is 5.92 Å². The van der Waals surface area contributed by atoms with Gasteiger partial charge in [0.1, 0.15) is 0 Å². The van der Waals surface area contributed by atoms with Gasteiger partial charge in [-0.1, -0.05) is 61.6 Å². The molecule has 1 aliphatic rings. The molecule has 102 valence electrons. The fraction of sp³-hybridized carbons (Fsp3) is 0.923. The maximum Gasteiger partial charge on any atom is 0.303 e. The van der Waals surface area contributed by atoms with Crippen LogP contribution in [0.15, 0.2) is 0 Å². The van der Waals surface area contributed by atoms with Crippen LogP contribution in [0.1, 0.15) is 51.9 Å². The minimum absolute atomic E-state index is 0.339. The van der Waals surface area contributed by atoms with Crippen molar-refractivity contribution in [3.05, 3.63) is 0 Å². The number of hydrogen-bond acceptors (Lipinski definition) is 2. The van der Waals surface area contributed by atoms with Crippen molar-refractivity contribution < 1.29 is 14.6 Å². The summed E-state index contributed by atoms with van der Waals surface area (Å²) in [5.41, 5.74) is 0. The Bertz CT molecular complexity index is 179. The zero-order chi connectivity index (χ0) is 12.9. The highest BCUT2D eigenvalue weighted by Gasteiger charge is 2.15. The Labute approximate surface area is 118 Å². The molecule has 3 nitrogen and oxygen atoms in total. The predicted octanol–water partition coefficient (Wildman–Crippen LogP) is 3.89. The second-order valence-electron chi connectivity index (χ2n) is 4.47. The van der Waals surface area contributed by atoms with E-state index in [0.29, 0.717) is 6.42 Å². The molecule has 0 aromatic rings. The van der Waals surface area contributed by atoms with Crippen molar-refractivity contribution in [2.24, 2.45) is 5.92 Å². The summed E-state index contributed by atoms with van der Waals surface area (Å²) in [7, 11) is 0. The predicted molar refractivity (Wildman–Crippen MR) is 78.8 cm³/mol. The first-order valence-electron chi connectivity index (χ1n) is 6.56. The molecule has 0 saturated carbocycles. The van der Waals surface area contributed by atoms with Gasteiger partial charge in [-0.15, -0.1) is 0 Å². The number of ether oxygens (including phenoxy) is 1. The van der Waals surface area contributed by atoms with Gasteiger partial charge in [-0.25, -0.2) is 0 Å². The average molecular weight is 356 g/mol. The third-order valence-electron chi connectivity index (χ3n) is 2.67. The summed E-state index contributed by atoms with van der Waals surface area (Å²) in [4.78, 5) is 10.1. The van der Waals surface area contributed by atoms with Crippen LogP contribution in [-0.2, 0) is 9.53 Å². The van der Waals surface area contributed by atoms with E-state index in [1.54, 1.807) is 0 Å². The van der Waals surface area contributed by atoms with E-state index in [2.05, 4.69) is 29.5 Å². The summed E-state index contributed by atoms with van der Waals surface area (Å²) in [6.07, 6.45) is 7.25. The molecule has 17 heavy (non-hydrogen) atoms. The van der Waals surface area contributed by atoms with Crippen molar-refractivity contribution in [2.75, 3.05) is 17.6 Å². The number of aliphatic carboxylic acids is 1. The first-order chi connectivity index (χ1) is 8.20. The smallest absolute Gasteiger partial charge is 0.303 e. The number of carboxylic acid groups (broad SMARTS) is 1. The number of unbranched alkanes of at least 4 members (excludes halogenated alkanes) is 5. The van der Waals surface area contributed by atoms with Gasteiger partial charge in [0.25, 0.3) is 0 Å². The quantitative estimate of drug-likeness (QED) is 0.408. The summed E-state index contributed by atoms with van der Waals surface area (Å²) in [5.74, 6) is 0.214. The van der Waals surface area contributed by atoms with E-state index < -0.39 is 5.97 Å². The monoisotopic (exact) mass is 356 g/mol. The van der Waals surface area contributed by atoms with Crippen LogP contribution in [0.25, 0.3) is 0 Å². The van der Waals surface area contributed by atoms with Gasteiger partial charge >= 0.3 is 5.97 Å². The zero-order valence-electron chi connectivity index (χ0n) is 10.8. The maximum atomic E-state index is 10.1. The van der Waals surface area contributed by atoms with Crippen molar-refractivity contribution in [1.82, 2.24) is 0 Å². The lowest BCUT2D eigenvalue weighted by atomic mass is 10.1. The van der Waals surface area contributed by atoms with Crippen molar-refractivity contribution in [3.8, 4) is 0 Å². The third kappa shape index (κ3) is 12.4. The summed E-state index contributed by atoms with van der Waals surface area (Å²) in [6, 6.07) is 0. The van der Waals surface area contributed by atoms with E-state index in [1.807, 2.05) is 0 Å². The minimum atomic E-state index is -0.666. The van der Waals surface area contributed by atoms with Crippen molar-refractivity contribution in [1.29, 1.82) is 0 Å². The molecule has 0 aliphatic carbocycles. The molecular formula is C13H25IO3. The maximum absolute atomic E-state index is 10.1. The van der Waals surface area contributed by atoms with Gasteiger partial charge in [-0.05, 0) is 6.42 Å². The molecule has 1 heterocycles. The Morgan fingerprint density at radius 1 is 1.24 bits per heavy atom. The normalized spacial score (nSPS) is 14.7. The lowest BCUT2D eigenvalue weighted by Crippen LogP contribution is -2.28. The molecule has 0 aromatic heterocycles. The first kappa shape index (κ1) is 17.2. The number of hydrogen-bond donors (Lipinski definition) is 1. The van der Waals surface area contributed by atoms with E-state index in [1.165, 1.54) is 30.1 Å². The standard InChI is InChI=1S/C9H18O2.C4H7IO/c1-2-3-4-5-6-7-8-9(10)11;5-1-4-2-6-3-4/h2-8H2,1H3,(H,10,11);4H,1-3H2. The van der Waals surface area contributed by atoms with Crippen LogP contribution in [0.5, 0.6) is 0 Å². The van der Waals surface area contributed by atoms with Gasteiger partial charge in [-0.3, -0.25) is 4.79 Å². The summed E-state index contributed by atoms with van der Waals surface area (Å²) < 4.78 is 6.18. The second-order valence-corrected chi connectivity index (χ2v) is 5.35. The number of carboxylic acids is 1. The van der Waals surface area contributed by atoms with Crippen LogP contribution in [-0.4, -0.2) is 28.7 Å². The lowest BCUT2D eigenvalue weighted by molar-refractivity contribution is -0.137. The Balaban J connectivity index is 0.000000354. The second kappa shape index (κ2) is 12.6. The van der Waals surface area contributed by atoms with Gasteiger partial charge in [0, 0.05) is 16.8 Å². The third-order valence-corrected chi connectivity index (χ3v) is 3.92. The Kier molecular flexibility index (Phi) is 12.7. The molecule has 1 aliphatic heterocycles. The fourth-order valence-corrected chi connectivity index (χ4v) is 1.94. The number of carbonyl (C=O) groups is 1. The molecule has 1 fully saturated rings. The average Bonchev–Trinajstić information content (AvgIpc) is 2.22. The number of halogens is 1. The topological polar surface area (TPSA) is 46.5 Å². The van der Waals surface area contributed by atoms with E-state index in [0.717, 1.165) is 32.0 Å². The molecule has 0 unspecified atom stereocenters. The summed E-state index contributed by atoms with van der Waals surface area (Å²) in [5, 5.41) is 8.32. The van der Waals surface area contributed by atoms with Crippen LogP contribution < -0.4 is 0 Å². The Morgan fingerprint density at radius 2 is 1.82 bits per heavy atom. The van der Waals surface area contributed by atoms with Gasteiger partial charge < -0.3 is 9.84 Å². The van der Waals surface area contributed by atoms with E-state index >= 15 is 0 Å². The first-order valence-corrected chi connectivity index (χ1v) is 8.08. The van der Waals surface area contributed by atoms with E-state index in [4.69, 9.17) is 9.84 Å². The Morgan fingerprint density at radius 3 is 2.18 bits per heavy atom. The van der Waals surface area contributed by atoms with Crippen LogP contribution in [0.4, 0.5) is 0 Å². The largest absolute Gasteiger partial charge is 0.481 e. The highest BCUT2D eigenvalue weighted by atomic mass is 127. The summed E-state index contributed by atoms with van der Waals surface area (Å²) in [6.45, 7) is 4.18. The van der Waals surface area contributed by atoms with Gasteiger partial charge in [0.2, 0.25) is 0 Å².